The Labute approximate surface area is 55.8 Å². The Morgan fingerprint density at radius 1 is 1.67 bits per heavy atom. The fourth-order valence-electron chi connectivity index (χ4n) is 0.965. The van der Waals surface area contributed by atoms with Gasteiger partial charge in [-0.1, -0.05) is 6.92 Å². The van der Waals surface area contributed by atoms with Crippen molar-refractivity contribution in [3.63, 3.8) is 0 Å². The third-order valence-corrected chi connectivity index (χ3v) is 2.18. The molecular weight excluding hydrogens is 116 g/mol. The van der Waals surface area contributed by atoms with Crippen LogP contribution in [-0.2, 0) is 4.74 Å². The predicted octanol–water partition coefficient (Wildman–Crippen LogP) is 0.794. The Bertz CT molecular complexity index is 99.1. The van der Waals surface area contributed by atoms with Gasteiger partial charge in [-0.3, -0.25) is 0 Å². The van der Waals surface area contributed by atoms with E-state index in [4.69, 9.17) is 4.74 Å². The van der Waals surface area contributed by atoms with E-state index in [-0.39, 0.29) is 5.92 Å². The van der Waals surface area contributed by atoms with Crippen molar-refractivity contribution in [2.24, 2.45) is 5.92 Å². The van der Waals surface area contributed by atoms with Crippen LogP contribution in [0.25, 0.3) is 0 Å². The molecule has 0 aromatic rings. The standard InChI is InChI=1S/C7H14O2/c1-6-5-9-4-3-7(6,2)8/h6,8H,3-5H2,1-2H3. The Balaban J connectivity index is 2.49. The highest BCUT2D eigenvalue weighted by Gasteiger charge is 2.31. The highest BCUT2D eigenvalue weighted by Crippen LogP contribution is 2.24. The van der Waals surface area contributed by atoms with Crippen LogP contribution in [0.3, 0.4) is 0 Å². The smallest absolute Gasteiger partial charge is 0.0689 e. The van der Waals surface area contributed by atoms with Crippen molar-refractivity contribution in [3.05, 3.63) is 0 Å². The Morgan fingerprint density at radius 3 is 2.67 bits per heavy atom. The highest BCUT2D eigenvalue weighted by atomic mass is 16.5. The number of ether oxygens (including phenoxy) is 1. The fraction of sp³-hybridized carbons (Fsp3) is 1.00. The minimum atomic E-state index is -0.488. The Morgan fingerprint density at radius 2 is 2.33 bits per heavy atom. The zero-order valence-electron chi connectivity index (χ0n) is 6.05. The van der Waals surface area contributed by atoms with Gasteiger partial charge in [-0.15, -0.1) is 0 Å². The molecule has 0 radical (unpaired) electrons. The summed E-state index contributed by atoms with van der Waals surface area (Å²) in [5, 5.41) is 9.56. The molecule has 0 spiro atoms. The molecule has 54 valence electrons. The Hall–Kier alpha value is -0.0800. The van der Waals surface area contributed by atoms with Crippen LogP contribution in [-0.4, -0.2) is 23.9 Å². The second kappa shape index (κ2) is 2.27. The summed E-state index contributed by atoms with van der Waals surface area (Å²) < 4.78 is 5.16. The maximum atomic E-state index is 9.56. The first-order valence-electron chi connectivity index (χ1n) is 3.43. The van der Waals surface area contributed by atoms with Crippen molar-refractivity contribution < 1.29 is 9.84 Å². The number of hydrogen-bond acceptors (Lipinski definition) is 2. The molecule has 0 saturated carbocycles. The molecule has 2 unspecified atom stereocenters. The van der Waals surface area contributed by atoms with Crippen LogP contribution in [0.15, 0.2) is 0 Å². The van der Waals surface area contributed by atoms with E-state index in [0.29, 0.717) is 13.2 Å². The Kier molecular flexibility index (Phi) is 1.78. The molecule has 1 saturated heterocycles. The lowest BCUT2D eigenvalue weighted by Gasteiger charge is -2.34. The largest absolute Gasteiger partial charge is 0.390 e. The molecular formula is C7H14O2. The van der Waals surface area contributed by atoms with Crippen molar-refractivity contribution in [3.8, 4) is 0 Å². The molecule has 0 aromatic carbocycles. The molecule has 1 aliphatic rings. The van der Waals surface area contributed by atoms with Crippen LogP contribution in [0.1, 0.15) is 20.3 Å². The first-order valence-corrected chi connectivity index (χ1v) is 3.43. The fourth-order valence-corrected chi connectivity index (χ4v) is 0.965. The van der Waals surface area contributed by atoms with Crippen LogP contribution < -0.4 is 0 Å². The topological polar surface area (TPSA) is 29.5 Å². The maximum Gasteiger partial charge on any atom is 0.0689 e. The van der Waals surface area contributed by atoms with Crippen LogP contribution in [0.5, 0.6) is 0 Å². The van der Waals surface area contributed by atoms with E-state index in [1.165, 1.54) is 0 Å². The minimum Gasteiger partial charge on any atom is -0.390 e. The van der Waals surface area contributed by atoms with Gasteiger partial charge in [0.05, 0.1) is 12.2 Å². The molecule has 0 aliphatic carbocycles. The van der Waals surface area contributed by atoms with Gasteiger partial charge in [0.2, 0.25) is 0 Å². The molecule has 0 amide bonds. The molecule has 1 heterocycles. The summed E-state index contributed by atoms with van der Waals surface area (Å²) in [7, 11) is 0. The van der Waals surface area contributed by atoms with Gasteiger partial charge in [-0.05, 0) is 13.3 Å². The molecule has 9 heavy (non-hydrogen) atoms. The summed E-state index contributed by atoms with van der Waals surface area (Å²) in [6, 6.07) is 0. The quantitative estimate of drug-likeness (QED) is 0.525. The van der Waals surface area contributed by atoms with Crippen molar-refractivity contribution >= 4 is 0 Å². The van der Waals surface area contributed by atoms with Crippen LogP contribution in [0.4, 0.5) is 0 Å². The minimum absolute atomic E-state index is 0.284. The predicted molar refractivity (Wildman–Crippen MR) is 35.2 cm³/mol. The summed E-state index contributed by atoms with van der Waals surface area (Å²) in [5.41, 5.74) is -0.488. The molecule has 1 aliphatic heterocycles. The van der Waals surface area contributed by atoms with E-state index in [9.17, 15) is 5.11 Å². The summed E-state index contributed by atoms with van der Waals surface area (Å²) in [4.78, 5) is 0. The molecule has 1 fully saturated rings. The molecule has 2 heteroatoms. The maximum absolute atomic E-state index is 9.56. The SMILES string of the molecule is CC1COCCC1(C)O. The van der Waals surface area contributed by atoms with Crippen molar-refractivity contribution in [1.82, 2.24) is 0 Å². The van der Waals surface area contributed by atoms with E-state index in [2.05, 4.69) is 0 Å². The molecule has 2 atom stereocenters. The molecule has 1 rings (SSSR count). The zero-order chi connectivity index (χ0) is 6.91. The lowest BCUT2D eigenvalue weighted by molar-refractivity contribution is -0.0938. The van der Waals surface area contributed by atoms with Gasteiger partial charge in [-0.25, -0.2) is 0 Å². The second-order valence-electron chi connectivity index (χ2n) is 3.08. The number of aliphatic hydroxyl groups is 1. The van der Waals surface area contributed by atoms with Gasteiger partial charge >= 0.3 is 0 Å². The van der Waals surface area contributed by atoms with Crippen molar-refractivity contribution in [2.45, 2.75) is 25.9 Å². The van der Waals surface area contributed by atoms with E-state index >= 15 is 0 Å². The summed E-state index contributed by atoms with van der Waals surface area (Å²) >= 11 is 0. The monoisotopic (exact) mass is 130 g/mol. The van der Waals surface area contributed by atoms with E-state index in [0.717, 1.165) is 6.42 Å². The molecule has 2 nitrogen and oxygen atoms in total. The summed E-state index contributed by atoms with van der Waals surface area (Å²) in [6.07, 6.45) is 0.772. The van der Waals surface area contributed by atoms with Gasteiger partial charge < -0.3 is 9.84 Å². The van der Waals surface area contributed by atoms with Crippen molar-refractivity contribution in [1.29, 1.82) is 0 Å². The summed E-state index contributed by atoms with van der Waals surface area (Å²) in [6.45, 7) is 5.30. The molecule has 0 bridgehead atoms. The first-order chi connectivity index (χ1) is 4.13. The van der Waals surface area contributed by atoms with Gasteiger partial charge in [0, 0.05) is 12.5 Å². The lowest BCUT2D eigenvalue weighted by atomic mass is 9.87. The van der Waals surface area contributed by atoms with Gasteiger partial charge in [0.25, 0.3) is 0 Å². The lowest BCUT2D eigenvalue weighted by Crippen LogP contribution is -2.40. The number of hydrogen-bond donors (Lipinski definition) is 1. The third-order valence-electron chi connectivity index (χ3n) is 2.18. The van der Waals surface area contributed by atoms with Crippen LogP contribution in [0, 0.1) is 5.92 Å². The van der Waals surface area contributed by atoms with E-state index in [1.54, 1.807) is 0 Å². The molecule has 0 aromatic heterocycles. The van der Waals surface area contributed by atoms with E-state index in [1.807, 2.05) is 13.8 Å². The third kappa shape index (κ3) is 1.43. The average Bonchev–Trinajstić information content (AvgIpc) is 1.77. The normalized spacial score (nSPS) is 45.0. The zero-order valence-corrected chi connectivity index (χ0v) is 6.05. The van der Waals surface area contributed by atoms with E-state index < -0.39 is 5.60 Å². The number of rotatable bonds is 0. The van der Waals surface area contributed by atoms with Gasteiger partial charge in [0.15, 0.2) is 0 Å². The van der Waals surface area contributed by atoms with Crippen LogP contribution >= 0.6 is 0 Å². The van der Waals surface area contributed by atoms with Gasteiger partial charge in [0.1, 0.15) is 0 Å². The summed E-state index contributed by atoms with van der Waals surface area (Å²) in [5.74, 6) is 0.284. The average molecular weight is 130 g/mol. The highest BCUT2D eigenvalue weighted by molar-refractivity contribution is 4.81. The van der Waals surface area contributed by atoms with Crippen molar-refractivity contribution in [2.75, 3.05) is 13.2 Å². The van der Waals surface area contributed by atoms with Crippen LogP contribution in [0.2, 0.25) is 0 Å². The van der Waals surface area contributed by atoms with Gasteiger partial charge in [-0.2, -0.15) is 0 Å². The first kappa shape index (κ1) is 7.03. The second-order valence-corrected chi connectivity index (χ2v) is 3.08. The molecule has 1 N–H and O–H groups in total.